The van der Waals surface area contributed by atoms with Gasteiger partial charge in [-0.1, -0.05) is 60.7 Å². The molecule has 9 heteroatoms. The van der Waals surface area contributed by atoms with Gasteiger partial charge in [0, 0.05) is 0 Å². The first kappa shape index (κ1) is 23.4. The molecular weight excluding hydrogens is 401 g/mol. The Bertz CT molecular complexity index is 801. The van der Waals surface area contributed by atoms with Crippen molar-refractivity contribution in [2.45, 2.75) is 32.4 Å². The number of hydroxylamine groups is 2. The third-order valence-electron chi connectivity index (χ3n) is 3.96. The molecule has 0 aliphatic rings. The summed E-state index contributed by atoms with van der Waals surface area (Å²) in [4.78, 5) is 29.4. The average molecular weight is 424 g/mol. The second kappa shape index (κ2) is 11.3. The predicted octanol–water partition coefficient (Wildman–Crippen LogP) is 3.23. The number of carbonyl (C=O) groups is 2. The summed E-state index contributed by atoms with van der Waals surface area (Å²) >= 11 is 0. The summed E-state index contributed by atoms with van der Waals surface area (Å²) < 4.78 is 43.7. The van der Waals surface area contributed by atoms with Crippen molar-refractivity contribution in [3.63, 3.8) is 0 Å². The summed E-state index contributed by atoms with van der Waals surface area (Å²) in [6.07, 6.45) is -4.64. The molecule has 2 aromatic rings. The largest absolute Gasteiger partial charge is 0.460 e. The van der Waals surface area contributed by atoms with Gasteiger partial charge in [-0.3, -0.25) is 19.7 Å². The lowest BCUT2D eigenvalue weighted by Crippen LogP contribution is -2.49. The SMILES string of the molecule is C[C@@H](NCC(=O)OCc1ccccc1)C(=O)N(CC(F)(F)F)OCc1ccccc1. The zero-order valence-electron chi connectivity index (χ0n) is 16.4. The standard InChI is InChI=1S/C21H23F3N2O4/c1-16(25-12-19(27)29-13-17-8-4-2-5-9-17)20(28)26(15-21(22,23)24)30-14-18-10-6-3-7-11-18/h2-11,16,25H,12-15H2,1H3/t16-/m1/s1. The number of amides is 1. The monoisotopic (exact) mass is 424 g/mol. The Morgan fingerprint density at radius 2 is 1.50 bits per heavy atom. The summed E-state index contributed by atoms with van der Waals surface area (Å²) in [7, 11) is 0. The highest BCUT2D eigenvalue weighted by atomic mass is 19.4. The molecule has 0 saturated heterocycles. The number of rotatable bonds is 10. The topological polar surface area (TPSA) is 67.9 Å². The van der Waals surface area contributed by atoms with E-state index < -0.39 is 30.6 Å². The maximum absolute atomic E-state index is 12.9. The highest BCUT2D eigenvalue weighted by molar-refractivity contribution is 5.81. The fraction of sp³-hybridized carbons (Fsp3) is 0.333. The van der Waals surface area contributed by atoms with Crippen LogP contribution in [-0.2, 0) is 32.4 Å². The maximum atomic E-state index is 12.9. The summed E-state index contributed by atoms with van der Waals surface area (Å²) in [6, 6.07) is 16.4. The van der Waals surface area contributed by atoms with Crippen LogP contribution in [0.25, 0.3) is 0 Å². The van der Waals surface area contributed by atoms with Crippen LogP contribution in [0.4, 0.5) is 13.2 Å². The smallest absolute Gasteiger partial charge is 0.408 e. The zero-order chi connectivity index (χ0) is 22.0. The molecule has 30 heavy (non-hydrogen) atoms. The van der Waals surface area contributed by atoms with Gasteiger partial charge in [0.1, 0.15) is 19.8 Å². The first-order valence-corrected chi connectivity index (χ1v) is 9.22. The van der Waals surface area contributed by atoms with Gasteiger partial charge < -0.3 is 4.74 Å². The summed E-state index contributed by atoms with van der Waals surface area (Å²) in [5, 5.41) is 2.83. The number of hydrogen-bond acceptors (Lipinski definition) is 5. The van der Waals surface area contributed by atoms with E-state index in [9.17, 15) is 22.8 Å². The Kier molecular flexibility index (Phi) is 8.82. The molecule has 1 amide bonds. The summed E-state index contributed by atoms with van der Waals surface area (Å²) in [5.41, 5.74) is 1.41. The first-order valence-electron chi connectivity index (χ1n) is 9.22. The number of nitrogens with one attached hydrogen (secondary N) is 1. The third kappa shape index (κ3) is 8.62. The number of carbonyl (C=O) groups excluding carboxylic acids is 2. The number of halogens is 3. The molecular formula is C21H23F3N2O4. The molecule has 0 aliphatic heterocycles. The number of esters is 1. The average Bonchev–Trinajstić information content (AvgIpc) is 2.73. The first-order chi connectivity index (χ1) is 14.2. The summed E-state index contributed by atoms with van der Waals surface area (Å²) in [5.74, 6) is -1.58. The van der Waals surface area contributed by atoms with Crippen LogP contribution in [-0.4, -0.2) is 42.2 Å². The van der Waals surface area contributed by atoms with E-state index in [1.165, 1.54) is 6.92 Å². The molecule has 0 unspecified atom stereocenters. The molecule has 1 N–H and O–H groups in total. The van der Waals surface area contributed by atoms with Crippen LogP contribution in [0.15, 0.2) is 60.7 Å². The van der Waals surface area contributed by atoms with E-state index in [1.54, 1.807) is 54.6 Å². The fourth-order valence-electron chi connectivity index (χ4n) is 2.41. The molecule has 1 atom stereocenters. The number of alkyl halides is 3. The van der Waals surface area contributed by atoms with Crippen LogP contribution >= 0.6 is 0 Å². The van der Waals surface area contributed by atoms with E-state index in [2.05, 4.69) is 5.32 Å². The van der Waals surface area contributed by atoms with E-state index in [-0.39, 0.29) is 24.8 Å². The Hall–Kier alpha value is -2.91. The molecule has 2 rings (SSSR count). The maximum Gasteiger partial charge on any atom is 0.408 e. The van der Waals surface area contributed by atoms with Gasteiger partial charge >= 0.3 is 12.1 Å². The van der Waals surface area contributed by atoms with E-state index in [0.29, 0.717) is 5.56 Å². The Balaban J connectivity index is 1.85. The van der Waals surface area contributed by atoms with Gasteiger partial charge in [-0.2, -0.15) is 13.2 Å². The Morgan fingerprint density at radius 3 is 2.03 bits per heavy atom. The minimum atomic E-state index is -4.64. The molecule has 6 nitrogen and oxygen atoms in total. The van der Waals surface area contributed by atoms with Crippen molar-refractivity contribution < 1.29 is 32.3 Å². The molecule has 0 spiro atoms. The highest BCUT2D eigenvalue weighted by Crippen LogP contribution is 2.18. The van der Waals surface area contributed by atoms with Crippen molar-refractivity contribution in [3.05, 3.63) is 71.8 Å². The minimum absolute atomic E-state index is 0.0596. The van der Waals surface area contributed by atoms with Crippen LogP contribution in [0, 0.1) is 0 Å². The van der Waals surface area contributed by atoms with Crippen molar-refractivity contribution in [3.8, 4) is 0 Å². The van der Waals surface area contributed by atoms with Crippen molar-refractivity contribution in [2.75, 3.05) is 13.1 Å². The molecule has 0 radical (unpaired) electrons. The molecule has 162 valence electrons. The highest BCUT2D eigenvalue weighted by Gasteiger charge is 2.35. The molecule has 0 saturated carbocycles. The van der Waals surface area contributed by atoms with Gasteiger partial charge in [-0.25, -0.2) is 5.06 Å². The van der Waals surface area contributed by atoms with Gasteiger partial charge in [0.15, 0.2) is 0 Å². The number of ether oxygens (including phenoxy) is 1. The molecule has 0 fully saturated rings. The molecule has 2 aromatic carbocycles. The number of hydrogen-bond donors (Lipinski definition) is 1. The van der Waals surface area contributed by atoms with Crippen molar-refractivity contribution in [1.29, 1.82) is 0 Å². The van der Waals surface area contributed by atoms with Gasteiger partial charge in [0.25, 0.3) is 5.91 Å². The minimum Gasteiger partial charge on any atom is -0.460 e. The van der Waals surface area contributed by atoms with E-state index >= 15 is 0 Å². The van der Waals surface area contributed by atoms with E-state index in [0.717, 1.165) is 5.56 Å². The Labute approximate surface area is 172 Å². The number of benzene rings is 2. The van der Waals surface area contributed by atoms with Crippen molar-refractivity contribution in [2.24, 2.45) is 0 Å². The van der Waals surface area contributed by atoms with Crippen LogP contribution < -0.4 is 5.32 Å². The van der Waals surface area contributed by atoms with Gasteiger partial charge in [0.05, 0.1) is 12.6 Å². The fourth-order valence-corrected chi connectivity index (χ4v) is 2.41. The van der Waals surface area contributed by atoms with E-state index in [4.69, 9.17) is 9.57 Å². The lowest BCUT2D eigenvalue weighted by atomic mass is 10.2. The second-order valence-electron chi connectivity index (χ2n) is 6.50. The molecule has 0 aliphatic carbocycles. The molecule has 0 aromatic heterocycles. The molecule has 0 bridgehead atoms. The summed E-state index contributed by atoms with van der Waals surface area (Å²) in [6.45, 7) is -0.692. The van der Waals surface area contributed by atoms with Crippen LogP contribution in [0.3, 0.4) is 0 Å². The zero-order valence-corrected chi connectivity index (χ0v) is 16.4. The van der Waals surface area contributed by atoms with Crippen LogP contribution in [0.2, 0.25) is 0 Å². The van der Waals surface area contributed by atoms with Gasteiger partial charge in [-0.15, -0.1) is 0 Å². The third-order valence-corrected chi connectivity index (χ3v) is 3.96. The number of nitrogens with zero attached hydrogens (tertiary/aromatic N) is 1. The lowest BCUT2D eigenvalue weighted by molar-refractivity contribution is -0.238. The second-order valence-corrected chi connectivity index (χ2v) is 6.50. The van der Waals surface area contributed by atoms with Gasteiger partial charge in [0.2, 0.25) is 0 Å². The van der Waals surface area contributed by atoms with Crippen molar-refractivity contribution in [1.82, 2.24) is 10.4 Å². The van der Waals surface area contributed by atoms with Crippen molar-refractivity contribution >= 4 is 11.9 Å². The normalized spacial score (nSPS) is 12.3. The Morgan fingerprint density at radius 1 is 0.967 bits per heavy atom. The lowest BCUT2D eigenvalue weighted by Gasteiger charge is -2.26. The van der Waals surface area contributed by atoms with Gasteiger partial charge in [-0.05, 0) is 18.1 Å². The van der Waals surface area contributed by atoms with E-state index in [1.807, 2.05) is 6.07 Å². The van der Waals surface area contributed by atoms with Crippen LogP contribution in [0.5, 0.6) is 0 Å². The predicted molar refractivity (Wildman–Crippen MR) is 103 cm³/mol. The quantitative estimate of drug-likeness (QED) is 0.469. The van der Waals surface area contributed by atoms with Crippen LogP contribution in [0.1, 0.15) is 18.1 Å². The molecule has 0 heterocycles.